The summed E-state index contributed by atoms with van der Waals surface area (Å²) in [7, 11) is 0. The summed E-state index contributed by atoms with van der Waals surface area (Å²) in [6.45, 7) is 3.45. The van der Waals surface area contributed by atoms with Gasteiger partial charge >= 0.3 is 0 Å². The quantitative estimate of drug-likeness (QED) is 0.538. The Morgan fingerprint density at radius 1 is 1.44 bits per heavy atom. The lowest BCUT2D eigenvalue weighted by Crippen LogP contribution is -2.54. The van der Waals surface area contributed by atoms with Crippen LogP contribution in [0.1, 0.15) is 26.2 Å². The van der Waals surface area contributed by atoms with E-state index < -0.39 is 0 Å². The van der Waals surface area contributed by atoms with E-state index in [1.807, 2.05) is 6.92 Å². The van der Waals surface area contributed by atoms with Crippen molar-refractivity contribution in [1.29, 1.82) is 10.8 Å². The molecule has 0 aromatic rings. The Morgan fingerprint density at radius 3 is 2.62 bits per heavy atom. The number of nitrogens with one attached hydrogen (secondary N) is 2. The molecule has 1 saturated carbocycles. The monoisotopic (exact) mass is 222 g/mol. The number of amidine groups is 2. The van der Waals surface area contributed by atoms with Gasteiger partial charge in [-0.2, -0.15) is 0 Å². The summed E-state index contributed by atoms with van der Waals surface area (Å²) in [6.07, 6.45) is 2.66. The first-order valence-corrected chi connectivity index (χ1v) is 5.84. The minimum Gasteiger partial charge on any atom is -0.333 e. The smallest absolute Gasteiger partial charge is 0.222 e. The van der Waals surface area contributed by atoms with Crippen molar-refractivity contribution in [3.05, 3.63) is 0 Å². The van der Waals surface area contributed by atoms with Gasteiger partial charge in [-0.05, 0) is 12.8 Å². The van der Waals surface area contributed by atoms with Crippen LogP contribution in [0, 0.1) is 16.7 Å². The topological polar surface area (TPSA) is 71.2 Å². The highest BCUT2D eigenvalue weighted by Crippen LogP contribution is 2.31. The van der Waals surface area contributed by atoms with Gasteiger partial charge in [0.1, 0.15) is 11.7 Å². The normalized spacial score (nSPS) is 21.2. The molecule has 5 nitrogen and oxygen atoms in total. The number of carbonyl (C=O) groups is 1. The Kier molecular flexibility index (Phi) is 2.94. The van der Waals surface area contributed by atoms with E-state index in [0.29, 0.717) is 43.6 Å². The van der Waals surface area contributed by atoms with Crippen molar-refractivity contribution in [3.8, 4) is 0 Å². The predicted molar refractivity (Wildman–Crippen MR) is 61.8 cm³/mol. The van der Waals surface area contributed by atoms with E-state index >= 15 is 0 Å². The standard InChI is InChI=1S/C11H18N4O/c1-2-10(16)14-5-6-15(9(12)7-14)11(13)8-3-4-8/h8,12-13H,2-7H2,1H3. The molecule has 1 aliphatic carbocycles. The molecule has 0 atom stereocenters. The van der Waals surface area contributed by atoms with Gasteiger partial charge in [-0.3, -0.25) is 15.6 Å². The molecule has 2 aliphatic rings. The minimum atomic E-state index is 0.0994. The molecule has 0 bridgehead atoms. The zero-order valence-electron chi connectivity index (χ0n) is 9.62. The fraction of sp³-hybridized carbons (Fsp3) is 0.727. The number of nitrogens with zero attached hydrogens (tertiary/aromatic N) is 2. The highest BCUT2D eigenvalue weighted by atomic mass is 16.2. The molecule has 1 heterocycles. The number of amides is 1. The van der Waals surface area contributed by atoms with E-state index in [9.17, 15) is 4.79 Å². The van der Waals surface area contributed by atoms with Crippen molar-refractivity contribution in [2.75, 3.05) is 19.6 Å². The largest absolute Gasteiger partial charge is 0.333 e. The van der Waals surface area contributed by atoms with E-state index in [-0.39, 0.29) is 5.91 Å². The number of hydrogen-bond donors (Lipinski definition) is 2. The first kappa shape index (κ1) is 11.1. The van der Waals surface area contributed by atoms with Gasteiger partial charge in [0.05, 0.1) is 6.54 Å². The second-order valence-corrected chi connectivity index (χ2v) is 4.43. The maximum absolute atomic E-state index is 11.5. The van der Waals surface area contributed by atoms with Gasteiger partial charge in [0.25, 0.3) is 0 Å². The van der Waals surface area contributed by atoms with Crippen LogP contribution in [-0.4, -0.2) is 47.0 Å². The van der Waals surface area contributed by atoms with E-state index in [2.05, 4.69) is 0 Å². The van der Waals surface area contributed by atoms with Crippen LogP contribution in [0.2, 0.25) is 0 Å². The summed E-state index contributed by atoms with van der Waals surface area (Å²) in [4.78, 5) is 15.0. The Labute approximate surface area is 95.4 Å². The summed E-state index contributed by atoms with van der Waals surface area (Å²) in [6, 6.07) is 0. The van der Waals surface area contributed by atoms with Crippen molar-refractivity contribution in [3.63, 3.8) is 0 Å². The van der Waals surface area contributed by atoms with Crippen LogP contribution < -0.4 is 0 Å². The lowest BCUT2D eigenvalue weighted by atomic mass is 10.2. The van der Waals surface area contributed by atoms with Gasteiger partial charge in [0, 0.05) is 25.4 Å². The molecule has 0 aromatic heterocycles. The number of hydrogen-bond acceptors (Lipinski definition) is 3. The third-order valence-electron chi connectivity index (χ3n) is 3.17. The van der Waals surface area contributed by atoms with Crippen LogP contribution in [0.4, 0.5) is 0 Å². The fourth-order valence-corrected chi connectivity index (χ4v) is 1.98. The van der Waals surface area contributed by atoms with Crippen LogP contribution in [0.5, 0.6) is 0 Å². The molecule has 1 amide bonds. The Hall–Kier alpha value is -1.39. The van der Waals surface area contributed by atoms with Crippen LogP contribution in [0.15, 0.2) is 0 Å². The molecule has 1 saturated heterocycles. The Balaban J connectivity index is 1.94. The lowest BCUT2D eigenvalue weighted by molar-refractivity contribution is -0.130. The molecule has 2 rings (SSSR count). The highest BCUT2D eigenvalue weighted by molar-refractivity contribution is 6.02. The van der Waals surface area contributed by atoms with Gasteiger partial charge in [0.2, 0.25) is 5.91 Å². The van der Waals surface area contributed by atoms with Gasteiger partial charge in [-0.1, -0.05) is 6.92 Å². The number of piperazine rings is 1. The zero-order chi connectivity index (χ0) is 11.7. The van der Waals surface area contributed by atoms with Gasteiger partial charge in [-0.15, -0.1) is 0 Å². The van der Waals surface area contributed by atoms with Crippen molar-refractivity contribution >= 4 is 17.6 Å². The van der Waals surface area contributed by atoms with Crippen LogP contribution in [-0.2, 0) is 4.79 Å². The van der Waals surface area contributed by atoms with Crippen molar-refractivity contribution in [1.82, 2.24) is 9.80 Å². The maximum Gasteiger partial charge on any atom is 0.222 e. The molecule has 0 spiro atoms. The zero-order valence-corrected chi connectivity index (χ0v) is 9.62. The summed E-state index contributed by atoms with van der Waals surface area (Å²) < 4.78 is 0. The Morgan fingerprint density at radius 2 is 2.12 bits per heavy atom. The molecule has 0 radical (unpaired) electrons. The van der Waals surface area contributed by atoms with Crippen molar-refractivity contribution < 1.29 is 4.79 Å². The summed E-state index contributed by atoms with van der Waals surface area (Å²) in [5.41, 5.74) is 0. The van der Waals surface area contributed by atoms with E-state index in [1.165, 1.54) is 0 Å². The highest BCUT2D eigenvalue weighted by Gasteiger charge is 2.34. The molecule has 2 fully saturated rings. The third-order valence-corrected chi connectivity index (χ3v) is 3.17. The average Bonchev–Trinajstić information content (AvgIpc) is 3.10. The first-order chi connectivity index (χ1) is 7.63. The van der Waals surface area contributed by atoms with Crippen molar-refractivity contribution in [2.24, 2.45) is 5.92 Å². The molecule has 16 heavy (non-hydrogen) atoms. The van der Waals surface area contributed by atoms with Crippen LogP contribution in [0.25, 0.3) is 0 Å². The number of carbonyl (C=O) groups excluding carboxylic acids is 1. The second-order valence-electron chi connectivity index (χ2n) is 4.43. The molecular weight excluding hydrogens is 204 g/mol. The average molecular weight is 222 g/mol. The molecule has 1 aliphatic heterocycles. The van der Waals surface area contributed by atoms with Gasteiger partial charge in [0.15, 0.2) is 0 Å². The van der Waals surface area contributed by atoms with E-state index in [0.717, 1.165) is 12.8 Å². The van der Waals surface area contributed by atoms with E-state index in [4.69, 9.17) is 10.8 Å². The number of rotatable bonds is 2. The molecule has 0 unspecified atom stereocenters. The van der Waals surface area contributed by atoms with Gasteiger partial charge in [-0.25, -0.2) is 0 Å². The summed E-state index contributed by atoms with van der Waals surface area (Å²) in [5.74, 6) is 1.44. The fourth-order valence-electron chi connectivity index (χ4n) is 1.98. The third kappa shape index (κ3) is 2.08. The first-order valence-electron chi connectivity index (χ1n) is 5.84. The molecule has 88 valence electrons. The van der Waals surface area contributed by atoms with Gasteiger partial charge < -0.3 is 9.80 Å². The molecular formula is C11H18N4O. The lowest BCUT2D eigenvalue weighted by Gasteiger charge is -2.36. The summed E-state index contributed by atoms with van der Waals surface area (Å²) >= 11 is 0. The van der Waals surface area contributed by atoms with Crippen molar-refractivity contribution in [2.45, 2.75) is 26.2 Å². The SMILES string of the molecule is CCC(=O)N1CCN(C(=N)C2CC2)C(=N)C1. The maximum atomic E-state index is 11.5. The molecule has 5 heteroatoms. The Bertz CT molecular complexity index is 335. The minimum absolute atomic E-state index is 0.0994. The summed E-state index contributed by atoms with van der Waals surface area (Å²) in [5, 5.41) is 15.8. The molecule has 0 aromatic carbocycles. The van der Waals surface area contributed by atoms with E-state index in [1.54, 1.807) is 9.80 Å². The predicted octanol–water partition coefficient (Wildman–Crippen LogP) is 0.905. The van der Waals surface area contributed by atoms with Crippen LogP contribution in [0.3, 0.4) is 0 Å². The van der Waals surface area contributed by atoms with Crippen LogP contribution >= 0.6 is 0 Å². The second kappa shape index (κ2) is 4.23. The molecule has 2 N–H and O–H groups in total.